The summed E-state index contributed by atoms with van der Waals surface area (Å²) in [5, 5.41) is 71.8. The summed E-state index contributed by atoms with van der Waals surface area (Å²) in [7, 11) is 0. The molecule has 70 heavy (non-hydrogen) atoms. The van der Waals surface area contributed by atoms with Crippen molar-refractivity contribution in [2.45, 2.75) is 116 Å². The Bertz CT molecular complexity index is 2100. The molecule has 0 aliphatic rings. The molecule has 0 saturated heterocycles. The maximum Gasteiger partial charge on any atom is 0.326 e. The first-order valence-electron chi connectivity index (χ1n) is 21.5. The van der Waals surface area contributed by atoms with Gasteiger partial charge in [-0.1, -0.05) is 13.8 Å². The number of nitrogens with two attached hydrogens (primary N) is 1. The quantitative estimate of drug-likeness (QED) is 0.0343. The minimum absolute atomic E-state index is 0.0302. The zero-order chi connectivity index (χ0) is 53.1. The highest BCUT2D eigenvalue weighted by atomic mass is 16.4. The Morgan fingerprint density at radius 1 is 0.629 bits per heavy atom. The number of nitrogens with zero attached hydrogens (tertiary/aromatic N) is 7. The van der Waals surface area contributed by atoms with Crippen molar-refractivity contribution in [1.82, 2.24) is 49.8 Å². The first-order valence-corrected chi connectivity index (χ1v) is 21.5. The highest BCUT2D eigenvalue weighted by Gasteiger charge is 2.41. The fourth-order valence-electron chi connectivity index (χ4n) is 7.33. The number of unbranched alkanes of at least 4 members (excludes halogenated alkanes) is 1. The second-order valence-electron chi connectivity index (χ2n) is 17.4. The number of carboxylic acid groups (broad SMARTS) is 7. The van der Waals surface area contributed by atoms with Gasteiger partial charge in [-0.3, -0.25) is 43.3 Å². The van der Waals surface area contributed by atoms with Crippen molar-refractivity contribution in [2.24, 2.45) is 11.1 Å². The van der Waals surface area contributed by atoms with Gasteiger partial charge >= 0.3 is 47.8 Å². The molecular weight excluding hydrogens is 935 g/mol. The second kappa shape index (κ2) is 26.7. The van der Waals surface area contributed by atoms with E-state index in [0.717, 1.165) is 0 Å². The summed E-state index contributed by atoms with van der Waals surface area (Å²) in [4.78, 5) is 144. The van der Waals surface area contributed by atoms with E-state index in [9.17, 15) is 83.4 Å². The van der Waals surface area contributed by atoms with Gasteiger partial charge in [-0.25, -0.2) is 24.4 Å². The molecule has 2 aromatic heterocycles. The average molecular weight is 996 g/mol. The summed E-state index contributed by atoms with van der Waals surface area (Å²) in [5.41, 5.74) is 4.55. The van der Waals surface area contributed by atoms with Gasteiger partial charge < -0.3 is 76.4 Å². The number of aliphatic carboxylic acids is 7. The predicted molar refractivity (Wildman–Crippen MR) is 236 cm³/mol. The smallest absolute Gasteiger partial charge is 0.326 e. The molecule has 0 saturated carbocycles. The van der Waals surface area contributed by atoms with Gasteiger partial charge in [-0.05, 0) is 51.4 Å². The summed E-state index contributed by atoms with van der Waals surface area (Å²) < 4.78 is 2.75. The van der Waals surface area contributed by atoms with Crippen LogP contribution in [0.25, 0.3) is 0 Å². The van der Waals surface area contributed by atoms with Crippen LogP contribution in [0.3, 0.4) is 0 Å². The Hall–Kier alpha value is -7.69. The summed E-state index contributed by atoms with van der Waals surface area (Å²) >= 11 is 0. The Kier molecular flexibility index (Phi) is 22.3. The van der Waals surface area contributed by atoms with Gasteiger partial charge in [0.25, 0.3) is 0 Å². The number of imidazole rings is 2. The van der Waals surface area contributed by atoms with Crippen molar-refractivity contribution in [1.29, 1.82) is 0 Å². The first-order chi connectivity index (χ1) is 32.5. The number of aromatic nitrogens is 4. The fraction of sp³-hybridized carbons (Fsp3) is 0.585. The summed E-state index contributed by atoms with van der Waals surface area (Å²) in [6, 6.07) is -5.35. The van der Waals surface area contributed by atoms with Crippen LogP contribution >= 0.6 is 0 Å². The van der Waals surface area contributed by atoms with Crippen molar-refractivity contribution in [2.75, 3.05) is 32.7 Å². The third kappa shape index (κ3) is 19.9. The highest BCUT2D eigenvalue weighted by molar-refractivity contribution is 5.87. The highest BCUT2D eigenvalue weighted by Crippen LogP contribution is 2.36. The Morgan fingerprint density at radius 2 is 1.04 bits per heavy atom. The minimum Gasteiger partial charge on any atom is -0.481 e. The average Bonchev–Trinajstić information content (AvgIpc) is 3.87. The molecule has 0 bridgehead atoms. The molecule has 29 nitrogen and oxygen atoms in total. The molecule has 3 unspecified atom stereocenters. The predicted octanol–water partition coefficient (Wildman–Crippen LogP) is -2.04. The van der Waals surface area contributed by atoms with Crippen molar-refractivity contribution >= 4 is 65.5 Å². The van der Waals surface area contributed by atoms with Gasteiger partial charge in [0.2, 0.25) is 17.7 Å². The number of carbonyl (C=O) groups excluding carboxylic acids is 4. The summed E-state index contributed by atoms with van der Waals surface area (Å²) in [6.07, 6.45) is 4.95. The van der Waals surface area contributed by atoms with Gasteiger partial charge in [0.15, 0.2) is 0 Å². The molecule has 0 aliphatic heterocycles. The van der Waals surface area contributed by atoms with Crippen LogP contribution < -0.4 is 21.7 Å². The van der Waals surface area contributed by atoms with Crippen LogP contribution in [0, 0.1) is 5.41 Å². The molecule has 0 spiro atoms. The van der Waals surface area contributed by atoms with Crippen LogP contribution in [0.5, 0.6) is 0 Å². The number of nitrogens with one attached hydrogen (secondary N) is 3. The Morgan fingerprint density at radius 3 is 1.43 bits per heavy atom. The van der Waals surface area contributed by atoms with Crippen LogP contribution in [0.1, 0.15) is 77.9 Å². The number of carboxylic acids is 7. The van der Waals surface area contributed by atoms with Gasteiger partial charge in [0, 0.05) is 43.3 Å². The van der Waals surface area contributed by atoms with Crippen molar-refractivity contribution in [3.05, 3.63) is 36.4 Å². The number of hydrogen-bond donors (Lipinski definition) is 11. The van der Waals surface area contributed by atoms with E-state index in [2.05, 4.69) is 20.6 Å². The molecule has 388 valence electrons. The lowest BCUT2D eigenvalue weighted by atomic mass is 9.74. The SMILES string of the molecule is CC(C)(CC(C)(C)N(Cc1nccn1CC(=O)N(CC(=O)O)CC(=O)O)Cc1nccn1CC(=O)N(CC(=O)O)CC(=O)O)C(N)C(=O)NCCCCC(NC(=O)NC(CCC(=O)O)C(=O)O)C(=O)O. The van der Waals surface area contributed by atoms with E-state index in [1.807, 2.05) is 10.2 Å². The molecule has 2 aromatic rings. The van der Waals surface area contributed by atoms with Gasteiger partial charge in [0.05, 0.1) is 19.1 Å². The Labute approximate surface area is 399 Å². The normalized spacial score (nSPS) is 12.8. The van der Waals surface area contributed by atoms with Crippen LogP contribution in [0.4, 0.5) is 4.79 Å². The largest absolute Gasteiger partial charge is 0.481 e. The van der Waals surface area contributed by atoms with E-state index in [0.29, 0.717) is 9.80 Å². The van der Waals surface area contributed by atoms with E-state index >= 15 is 0 Å². The number of carbonyl (C=O) groups is 11. The van der Waals surface area contributed by atoms with Crippen molar-refractivity contribution in [3.63, 3.8) is 0 Å². The second-order valence-corrected chi connectivity index (χ2v) is 17.4. The molecule has 0 fully saturated rings. The number of rotatable bonds is 33. The molecule has 5 amide bonds. The lowest BCUT2D eigenvalue weighted by Gasteiger charge is -2.44. The maximum atomic E-state index is 13.5. The molecule has 12 N–H and O–H groups in total. The third-order valence-electron chi connectivity index (χ3n) is 10.8. The zero-order valence-electron chi connectivity index (χ0n) is 39.0. The number of hydrogen-bond acceptors (Lipinski definition) is 15. The molecule has 29 heteroatoms. The monoisotopic (exact) mass is 995 g/mol. The standard InChI is InChI=1S/C41H61N11O18/c1-40(2,35(42)36(65)45-10-6-5-7-24(37(66)67)46-39(70)47-25(38(68)69)8-9-30(55)56)23-41(3,4)52(15-26-43-11-13-48(26)17-28(53)50(19-31(57)58)20-32(59)60)16-27-44-12-14-49(27)18-29(54)51(21-33(61)62)22-34(63)64/h11-14,24-25,35H,5-10,15-23,42H2,1-4H3,(H,45,65)(H,55,56)(H,57,58)(H,59,60)(H,61,62)(H,63,64)(H,66,67)(H,68,69)(H2,46,47,70). The van der Waals surface area contributed by atoms with Gasteiger partial charge in [0.1, 0.15) is 63.0 Å². The molecule has 2 rings (SSSR count). The number of urea groups is 1. The molecule has 0 radical (unpaired) electrons. The van der Waals surface area contributed by atoms with Gasteiger partial charge in [-0.2, -0.15) is 0 Å². The van der Waals surface area contributed by atoms with E-state index in [4.69, 9.17) is 10.8 Å². The van der Waals surface area contributed by atoms with E-state index in [1.54, 1.807) is 27.7 Å². The summed E-state index contributed by atoms with van der Waals surface area (Å²) in [6.45, 7) is 2.28. The molecule has 0 aromatic carbocycles. The zero-order valence-corrected chi connectivity index (χ0v) is 39.0. The van der Waals surface area contributed by atoms with E-state index in [1.165, 1.54) is 33.9 Å². The minimum atomic E-state index is -1.59. The van der Waals surface area contributed by atoms with Crippen LogP contribution in [0.2, 0.25) is 0 Å². The topological polar surface area (TPSA) is 437 Å². The molecular formula is C41H61N11O18. The van der Waals surface area contributed by atoms with Crippen LogP contribution in [0.15, 0.2) is 24.8 Å². The lowest BCUT2D eigenvalue weighted by molar-refractivity contribution is -0.150. The fourth-order valence-corrected chi connectivity index (χ4v) is 7.33. The van der Waals surface area contributed by atoms with E-state index < -0.39 is 147 Å². The molecule has 2 heterocycles. The van der Waals surface area contributed by atoms with Crippen LogP contribution in [-0.4, -0.2) is 191 Å². The van der Waals surface area contributed by atoms with Crippen molar-refractivity contribution < 1.29 is 88.5 Å². The molecule has 3 atom stereocenters. The van der Waals surface area contributed by atoms with E-state index in [-0.39, 0.29) is 57.0 Å². The summed E-state index contributed by atoms with van der Waals surface area (Å²) in [5.74, 6) is -11.8. The van der Waals surface area contributed by atoms with Crippen molar-refractivity contribution in [3.8, 4) is 0 Å². The van der Waals surface area contributed by atoms with Crippen LogP contribution in [-0.2, 0) is 74.1 Å². The number of amides is 5. The lowest BCUT2D eigenvalue weighted by Crippen LogP contribution is -2.55. The van der Waals surface area contributed by atoms with Gasteiger partial charge in [-0.15, -0.1) is 0 Å². The third-order valence-corrected chi connectivity index (χ3v) is 10.8. The maximum absolute atomic E-state index is 13.5. The molecule has 0 aliphatic carbocycles. The Balaban J connectivity index is 2.31. The first kappa shape index (κ1) is 58.4.